The van der Waals surface area contributed by atoms with E-state index in [9.17, 15) is 9.59 Å². The van der Waals surface area contributed by atoms with Crippen molar-refractivity contribution >= 4 is 17.3 Å². The number of allylic oxidation sites excluding steroid dienone is 4. The summed E-state index contributed by atoms with van der Waals surface area (Å²) in [7, 11) is 0. The van der Waals surface area contributed by atoms with Gasteiger partial charge < -0.3 is 4.90 Å². The van der Waals surface area contributed by atoms with Gasteiger partial charge in [0.05, 0.1) is 5.41 Å². The maximum Gasteiger partial charge on any atom is 0.156 e. The lowest BCUT2D eigenvalue weighted by atomic mass is 9.48. The van der Waals surface area contributed by atoms with Gasteiger partial charge in [-0.1, -0.05) is 30.6 Å². The third-order valence-corrected chi connectivity index (χ3v) is 10.7. The van der Waals surface area contributed by atoms with Crippen molar-refractivity contribution in [3.63, 3.8) is 0 Å². The zero-order chi connectivity index (χ0) is 25.9. The third kappa shape index (κ3) is 3.60. The zero-order valence-electron chi connectivity index (χ0n) is 22.4. The van der Waals surface area contributed by atoms with Crippen LogP contribution in [0.1, 0.15) is 83.6 Å². The second-order valence-corrected chi connectivity index (χ2v) is 12.3. The van der Waals surface area contributed by atoms with Crippen LogP contribution < -0.4 is 4.90 Å². The number of ketones is 2. The lowest BCUT2D eigenvalue weighted by Gasteiger charge is -2.55. The van der Waals surface area contributed by atoms with Crippen molar-refractivity contribution < 1.29 is 14.0 Å². The number of Topliss-reactive ketones (excluding diaryl/α,β-unsaturated/α-hetero) is 1. The highest BCUT2D eigenvalue weighted by Crippen LogP contribution is 2.69. The summed E-state index contributed by atoms with van der Waals surface area (Å²) in [5, 5.41) is 0. The second kappa shape index (κ2) is 8.97. The van der Waals surface area contributed by atoms with Crippen molar-refractivity contribution in [3.05, 3.63) is 52.6 Å². The molecule has 4 heteroatoms. The number of anilines is 1. The number of carbonyl (C=O) groups excluding carboxylic acids is 2. The molecule has 1 aliphatic heterocycles. The quantitative estimate of drug-likeness (QED) is 0.433. The molecule has 1 saturated heterocycles. The van der Waals surface area contributed by atoms with E-state index in [2.05, 4.69) is 47.9 Å². The minimum absolute atomic E-state index is 0.0438. The number of benzene rings is 1. The molecule has 1 heterocycles. The second-order valence-electron chi connectivity index (χ2n) is 12.3. The molecule has 6 atom stereocenters. The Morgan fingerprint density at radius 3 is 2.54 bits per heavy atom. The number of nitrogens with zero attached hydrogens (tertiary/aromatic N) is 1. The van der Waals surface area contributed by atoms with E-state index in [-0.39, 0.29) is 34.7 Å². The Labute approximate surface area is 220 Å². The fraction of sp³-hybridized carbons (Fsp3) is 0.576. The van der Waals surface area contributed by atoms with E-state index in [0.29, 0.717) is 24.8 Å². The van der Waals surface area contributed by atoms with Crippen molar-refractivity contribution in [2.24, 2.45) is 22.7 Å². The number of halogens is 1. The first-order valence-corrected chi connectivity index (χ1v) is 14.2. The zero-order valence-corrected chi connectivity index (χ0v) is 22.4. The first kappa shape index (κ1) is 24.7. The van der Waals surface area contributed by atoms with Crippen LogP contribution in [0.2, 0.25) is 0 Å². The summed E-state index contributed by atoms with van der Waals surface area (Å²) in [5.41, 5.74) is 4.60. The molecule has 1 unspecified atom stereocenters. The van der Waals surface area contributed by atoms with E-state index >= 15 is 4.39 Å². The Bertz CT molecular complexity index is 1260. The molecule has 0 bridgehead atoms. The Kier molecular flexibility index (Phi) is 5.98. The molecule has 1 aromatic rings. The first-order valence-electron chi connectivity index (χ1n) is 14.2. The topological polar surface area (TPSA) is 37.4 Å². The first-order chi connectivity index (χ1) is 17.8. The Hall–Kier alpha value is -2.67. The van der Waals surface area contributed by atoms with Crippen LogP contribution in [0.15, 0.2) is 47.1 Å². The fourth-order valence-corrected chi connectivity index (χ4v) is 8.94. The molecule has 3 nitrogen and oxygen atoms in total. The molecular formula is C33H38FNO2. The van der Waals surface area contributed by atoms with Crippen molar-refractivity contribution in [2.75, 3.05) is 18.0 Å². The van der Waals surface area contributed by atoms with Gasteiger partial charge in [-0.3, -0.25) is 9.59 Å². The van der Waals surface area contributed by atoms with Crippen LogP contribution in [0.25, 0.3) is 0 Å². The predicted molar refractivity (Wildman–Crippen MR) is 145 cm³/mol. The van der Waals surface area contributed by atoms with Gasteiger partial charge in [-0.15, -0.1) is 5.92 Å². The standard InChI is InChI=1S/C33H38FNO2/c1-4-14-33(21(2)36)15-13-29-27-19-30(34)26-18-24(37)11-12-25(26)31(27)28(20-32(29,33)3)22-7-9-23(10-8-22)35-16-5-6-17-35/h7-10,18,27-30H,5-6,11-13,15-17,19-20H2,1-3H3/t27-,28+,29-,30?,32-,33+/m0/s1. The molecule has 0 radical (unpaired) electrons. The summed E-state index contributed by atoms with van der Waals surface area (Å²) in [6.45, 7) is 8.03. The van der Waals surface area contributed by atoms with Crippen molar-refractivity contribution in [1.29, 1.82) is 0 Å². The van der Waals surface area contributed by atoms with Gasteiger partial charge in [0.2, 0.25) is 0 Å². The Balaban J connectivity index is 1.51. The summed E-state index contributed by atoms with van der Waals surface area (Å²) in [6.07, 6.45) is 6.95. The van der Waals surface area contributed by atoms with Crippen molar-refractivity contribution in [2.45, 2.75) is 84.2 Å². The summed E-state index contributed by atoms with van der Waals surface area (Å²) in [6, 6.07) is 9.02. The largest absolute Gasteiger partial charge is 0.372 e. The summed E-state index contributed by atoms with van der Waals surface area (Å²) in [5.74, 6) is 7.12. The van der Waals surface area contributed by atoms with Crippen molar-refractivity contribution in [1.82, 2.24) is 0 Å². The van der Waals surface area contributed by atoms with Crippen LogP contribution in [0.3, 0.4) is 0 Å². The highest BCUT2D eigenvalue weighted by atomic mass is 19.1. The maximum absolute atomic E-state index is 15.7. The van der Waals surface area contributed by atoms with Crippen LogP contribution in [-0.2, 0) is 9.59 Å². The van der Waals surface area contributed by atoms with Crippen LogP contribution in [0, 0.1) is 34.5 Å². The monoisotopic (exact) mass is 499 g/mol. The van der Waals surface area contributed by atoms with Crippen molar-refractivity contribution in [3.8, 4) is 11.8 Å². The molecule has 6 rings (SSSR count). The van der Waals surface area contributed by atoms with E-state index in [4.69, 9.17) is 0 Å². The molecule has 194 valence electrons. The highest BCUT2D eigenvalue weighted by Gasteiger charge is 2.65. The molecule has 0 aromatic heterocycles. The number of hydrogen-bond acceptors (Lipinski definition) is 3. The number of rotatable bonds is 3. The van der Waals surface area contributed by atoms with Crippen LogP contribution >= 0.6 is 0 Å². The SMILES string of the molecule is CC#C[C@]1(C(C)=O)CC[C@H]2[C@@H]3CC(F)C4=CC(=O)CCC4=C3[C@@H](c3ccc(N4CCCC4)cc3)C[C@@]21C. The molecule has 0 spiro atoms. The van der Waals surface area contributed by atoms with Gasteiger partial charge in [0.15, 0.2) is 5.78 Å². The van der Waals surface area contributed by atoms with Gasteiger partial charge in [-0.05, 0) is 111 Å². The van der Waals surface area contributed by atoms with E-state index in [0.717, 1.165) is 37.9 Å². The molecule has 1 aromatic carbocycles. The smallest absolute Gasteiger partial charge is 0.156 e. The minimum atomic E-state index is -1.11. The molecule has 3 fully saturated rings. The Morgan fingerprint density at radius 1 is 1.14 bits per heavy atom. The number of carbonyl (C=O) groups is 2. The van der Waals surface area contributed by atoms with Crippen LogP contribution in [0.4, 0.5) is 10.1 Å². The average molecular weight is 500 g/mol. The van der Waals surface area contributed by atoms with Crippen LogP contribution in [0.5, 0.6) is 0 Å². The van der Waals surface area contributed by atoms with Gasteiger partial charge in [0.25, 0.3) is 0 Å². The van der Waals surface area contributed by atoms with E-state index < -0.39 is 11.6 Å². The molecular weight excluding hydrogens is 461 g/mol. The Morgan fingerprint density at radius 2 is 1.86 bits per heavy atom. The highest BCUT2D eigenvalue weighted by molar-refractivity contribution is 5.93. The summed E-state index contributed by atoms with van der Waals surface area (Å²) < 4.78 is 15.7. The predicted octanol–water partition coefficient (Wildman–Crippen LogP) is 6.73. The molecule has 5 aliphatic rings. The number of hydrogen-bond donors (Lipinski definition) is 0. The molecule has 37 heavy (non-hydrogen) atoms. The average Bonchev–Trinajstić information content (AvgIpc) is 3.52. The molecule has 0 N–H and O–H groups in total. The van der Waals surface area contributed by atoms with E-state index in [1.54, 1.807) is 13.0 Å². The lowest BCUT2D eigenvalue weighted by molar-refractivity contribution is -0.130. The summed E-state index contributed by atoms with van der Waals surface area (Å²) in [4.78, 5) is 28.0. The van der Waals surface area contributed by atoms with E-state index in [1.165, 1.54) is 29.7 Å². The molecule has 4 aliphatic carbocycles. The molecule has 2 saturated carbocycles. The maximum atomic E-state index is 15.7. The summed E-state index contributed by atoms with van der Waals surface area (Å²) >= 11 is 0. The minimum Gasteiger partial charge on any atom is -0.372 e. The van der Waals surface area contributed by atoms with Gasteiger partial charge in [0, 0.05) is 31.1 Å². The van der Waals surface area contributed by atoms with Gasteiger partial charge in [-0.2, -0.15) is 0 Å². The lowest BCUT2D eigenvalue weighted by Crippen LogP contribution is -2.51. The number of fused-ring (bicyclic) bond motifs is 4. The molecule has 0 amide bonds. The normalized spacial score (nSPS) is 36.8. The third-order valence-electron chi connectivity index (χ3n) is 10.7. The van der Waals surface area contributed by atoms with Gasteiger partial charge in [0.1, 0.15) is 12.0 Å². The number of alkyl halides is 1. The fourth-order valence-electron chi connectivity index (χ4n) is 8.94. The van der Waals surface area contributed by atoms with E-state index in [1.807, 2.05) is 6.92 Å². The van der Waals surface area contributed by atoms with Gasteiger partial charge >= 0.3 is 0 Å². The van der Waals surface area contributed by atoms with Crippen LogP contribution in [-0.4, -0.2) is 30.8 Å². The van der Waals surface area contributed by atoms with Gasteiger partial charge in [-0.25, -0.2) is 4.39 Å².